The number of rotatable bonds is 8. The summed E-state index contributed by atoms with van der Waals surface area (Å²) in [7, 11) is 1.62. The third kappa shape index (κ3) is 4.89. The first kappa shape index (κ1) is 31.0. The molecule has 1 aromatic heterocycles. The van der Waals surface area contributed by atoms with Crippen LogP contribution in [0.25, 0.3) is 0 Å². The Labute approximate surface area is 285 Å². The number of aromatic amines is 1. The molecule has 0 radical (unpaired) electrons. The number of esters is 1. The second kappa shape index (κ2) is 12.0. The summed E-state index contributed by atoms with van der Waals surface area (Å²) in [6.45, 7) is 4.45. The van der Waals surface area contributed by atoms with Crippen LogP contribution in [0.1, 0.15) is 51.2 Å². The van der Waals surface area contributed by atoms with Gasteiger partial charge in [-0.25, -0.2) is 4.79 Å². The van der Waals surface area contributed by atoms with Gasteiger partial charge >= 0.3 is 10.8 Å². The molecule has 9 nitrogen and oxygen atoms in total. The number of fused-ring (bicyclic) bond motifs is 9. The fraction of sp³-hybridized carbons (Fsp3) is 0.351. The van der Waals surface area contributed by atoms with Gasteiger partial charge in [0.05, 0.1) is 41.8 Å². The van der Waals surface area contributed by atoms with Crippen LogP contribution in [0.3, 0.4) is 0 Å². The monoisotopic (exact) mass is 682 g/mol. The van der Waals surface area contributed by atoms with Crippen LogP contribution in [0.4, 0.5) is 5.69 Å². The Hall–Kier alpha value is -4.35. The van der Waals surface area contributed by atoms with Gasteiger partial charge in [-0.3, -0.25) is 19.3 Å². The fourth-order valence-corrected chi connectivity index (χ4v) is 11.5. The van der Waals surface area contributed by atoms with Gasteiger partial charge in [-0.1, -0.05) is 47.2 Å². The number of nitrogens with zero attached hydrogens (tertiary/aromatic N) is 1. The van der Waals surface area contributed by atoms with Crippen molar-refractivity contribution in [1.82, 2.24) is 4.98 Å². The van der Waals surface area contributed by atoms with E-state index in [1.54, 1.807) is 50.1 Å². The zero-order chi connectivity index (χ0) is 33.3. The summed E-state index contributed by atoms with van der Waals surface area (Å²) < 4.78 is 17.1. The maximum absolute atomic E-state index is 14.1. The van der Waals surface area contributed by atoms with Crippen molar-refractivity contribution in [3.05, 3.63) is 104 Å². The van der Waals surface area contributed by atoms with Crippen LogP contribution in [0.2, 0.25) is 0 Å². The lowest BCUT2D eigenvalue weighted by Crippen LogP contribution is -2.42. The number of hydrogen-bond donors (Lipinski definition) is 1. The number of thioether (sulfide) groups is 1. The first-order valence-corrected chi connectivity index (χ1v) is 17.9. The predicted molar refractivity (Wildman–Crippen MR) is 182 cm³/mol. The van der Waals surface area contributed by atoms with Gasteiger partial charge in [-0.05, 0) is 85.5 Å². The minimum atomic E-state index is -0.446. The van der Waals surface area contributed by atoms with Crippen LogP contribution in [-0.4, -0.2) is 41.7 Å². The number of anilines is 1. The molecule has 3 heterocycles. The van der Waals surface area contributed by atoms with Gasteiger partial charge in [0.1, 0.15) is 6.61 Å². The van der Waals surface area contributed by atoms with Crippen molar-refractivity contribution < 1.29 is 28.6 Å². The molecule has 1 N–H and O–H groups in total. The van der Waals surface area contributed by atoms with Gasteiger partial charge in [-0.2, -0.15) is 0 Å². The minimum Gasteiger partial charge on any atom is -0.493 e. The molecule has 3 aromatic carbocycles. The molecule has 7 atom stereocenters. The van der Waals surface area contributed by atoms with Crippen molar-refractivity contribution in [2.75, 3.05) is 18.6 Å². The van der Waals surface area contributed by atoms with Gasteiger partial charge in [0.25, 0.3) is 0 Å². The highest BCUT2D eigenvalue weighted by Gasteiger charge is 2.69. The number of carbonyl (C=O) groups is 3. The van der Waals surface area contributed by atoms with E-state index in [1.807, 2.05) is 43.3 Å². The van der Waals surface area contributed by atoms with Crippen LogP contribution in [0, 0.1) is 36.5 Å². The molecule has 1 saturated heterocycles. The molecule has 2 amide bonds. The van der Waals surface area contributed by atoms with E-state index in [0.29, 0.717) is 29.4 Å². The van der Waals surface area contributed by atoms with Crippen molar-refractivity contribution in [3.63, 3.8) is 0 Å². The molecule has 8 rings (SSSR count). The largest absolute Gasteiger partial charge is 0.493 e. The average Bonchev–Trinajstić information content (AvgIpc) is 3.82. The number of imide groups is 1. The quantitative estimate of drug-likeness (QED) is 0.173. The van der Waals surface area contributed by atoms with Crippen molar-refractivity contribution in [1.29, 1.82) is 0 Å². The van der Waals surface area contributed by atoms with Crippen LogP contribution in [0.15, 0.2) is 76.6 Å². The SMILES string of the molecule is CCOC(=O)c1ccc(N2C(=O)C3C(C2=O)[C@@H]2C[C@H]3C3Sc4[nH]c(=O)sc4C(c4ccc(OCc5cccc(C)c5)c(OC)c4)C32)cc1. The van der Waals surface area contributed by atoms with E-state index in [2.05, 4.69) is 11.1 Å². The first-order valence-electron chi connectivity index (χ1n) is 16.2. The Morgan fingerprint density at radius 2 is 1.73 bits per heavy atom. The Kier molecular flexibility index (Phi) is 7.71. The highest BCUT2D eigenvalue weighted by Crippen LogP contribution is 2.68. The van der Waals surface area contributed by atoms with Gasteiger partial charge in [0.15, 0.2) is 11.5 Å². The zero-order valence-corrected chi connectivity index (χ0v) is 28.3. The van der Waals surface area contributed by atoms with Gasteiger partial charge in [-0.15, -0.1) is 11.8 Å². The lowest BCUT2D eigenvalue weighted by atomic mass is 9.68. The maximum atomic E-state index is 14.1. The number of H-pyrrole nitrogens is 1. The number of nitrogens with one attached hydrogen (secondary N) is 1. The topological polar surface area (TPSA) is 115 Å². The van der Waals surface area contributed by atoms with E-state index in [9.17, 15) is 19.2 Å². The molecular weight excluding hydrogens is 649 g/mol. The van der Waals surface area contributed by atoms with Crippen molar-refractivity contribution >= 4 is 46.6 Å². The second-order valence-electron chi connectivity index (χ2n) is 12.9. The number of aromatic nitrogens is 1. The summed E-state index contributed by atoms with van der Waals surface area (Å²) in [5.74, 6) is -0.576. The molecule has 11 heteroatoms. The van der Waals surface area contributed by atoms with Crippen LogP contribution >= 0.6 is 23.1 Å². The lowest BCUT2D eigenvalue weighted by Gasteiger charge is -2.43. The van der Waals surface area contributed by atoms with Crippen molar-refractivity contribution in [2.45, 2.75) is 43.1 Å². The molecular formula is C37H34N2O7S2. The van der Waals surface area contributed by atoms with Crippen molar-refractivity contribution in [3.8, 4) is 11.5 Å². The molecule has 2 bridgehead atoms. The molecule has 246 valence electrons. The van der Waals surface area contributed by atoms with Gasteiger partial charge in [0, 0.05) is 16.0 Å². The van der Waals surface area contributed by atoms with Gasteiger partial charge in [0.2, 0.25) is 11.8 Å². The van der Waals surface area contributed by atoms with E-state index in [0.717, 1.165) is 33.0 Å². The molecule has 4 aromatic rings. The number of benzene rings is 3. The van der Waals surface area contributed by atoms with E-state index >= 15 is 0 Å². The van der Waals surface area contributed by atoms with E-state index in [4.69, 9.17) is 14.2 Å². The maximum Gasteiger partial charge on any atom is 0.338 e. The summed E-state index contributed by atoms with van der Waals surface area (Å²) >= 11 is 2.88. The molecule has 2 aliphatic carbocycles. The van der Waals surface area contributed by atoms with Crippen LogP contribution < -0.4 is 19.2 Å². The molecule has 2 aliphatic heterocycles. The smallest absolute Gasteiger partial charge is 0.338 e. The minimum absolute atomic E-state index is 0.00635. The number of methoxy groups -OCH3 is 1. The average molecular weight is 683 g/mol. The normalized spacial score (nSPS) is 26.6. The number of amides is 2. The zero-order valence-electron chi connectivity index (χ0n) is 26.6. The second-order valence-corrected chi connectivity index (χ2v) is 15.1. The number of hydrogen-bond acceptors (Lipinski definition) is 9. The van der Waals surface area contributed by atoms with Gasteiger partial charge < -0.3 is 19.2 Å². The molecule has 0 spiro atoms. The summed E-state index contributed by atoms with van der Waals surface area (Å²) in [4.78, 5) is 58.3. The summed E-state index contributed by atoms with van der Waals surface area (Å²) in [6.07, 6.45) is 0.787. The van der Waals surface area contributed by atoms with Crippen LogP contribution in [-0.2, 0) is 20.9 Å². The highest BCUT2D eigenvalue weighted by atomic mass is 32.2. The number of carbonyl (C=O) groups excluding carboxylic acids is 3. The lowest BCUT2D eigenvalue weighted by molar-refractivity contribution is -0.123. The molecule has 4 aliphatic rings. The molecule has 3 fully saturated rings. The Balaban J connectivity index is 1.11. The third-order valence-corrected chi connectivity index (χ3v) is 13.0. The van der Waals surface area contributed by atoms with E-state index < -0.39 is 17.8 Å². The first-order chi connectivity index (χ1) is 23.3. The van der Waals surface area contributed by atoms with E-state index in [1.165, 1.54) is 16.2 Å². The Morgan fingerprint density at radius 1 is 0.958 bits per heavy atom. The molecule has 2 saturated carbocycles. The predicted octanol–water partition coefficient (Wildman–Crippen LogP) is 6.19. The number of ether oxygens (including phenoxy) is 3. The third-order valence-electron chi connectivity index (χ3n) is 10.4. The van der Waals surface area contributed by atoms with E-state index in [-0.39, 0.29) is 52.2 Å². The highest BCUT2D eigenvalue weighted by molar-refractivity contribution is 8.00. The van der Waals surface area contributed by atoms with Crippen molar-refractivity contribution in [2.24, 2.45) is 29.6 Å². The fourth-order valence-electron chi connectivity index (χ4n) is 8.57. The Bertz CT molecular complexity index is 2000. The summed E-state index contributed by atoms with van der Waals surface area (Å²) in [5.41, 5.74) is 4.05. The molecule has 5 unspecified atom stereocenters. The number of thiazole rings is 1. The van der Waals surface area contributed by atoms with Crippen LogP contribution in [0.5, 0.6) is 11.5 Å². The number of aryl methyl sites for hydroxylation is 1. The summed E-state index contributed by atoms with van der Waals surface area (Å²) in [6, 6.07) is 20.6. The molecule has 48 heavy (non-hydrogen) atoms. The standard InChI is InChI=1S/C37H34N2O7S2/c1-4-45-36(42)20-8-11-22(12-9-20)39-34(40)29-23-16-24(30(29)35(39)41)31-28(23)27(32-33(47-31)38-37(43)48-32)21-10-13-25(26(15-21)44-3)46-17-19-7-5-6-18(2)14-19/h5-15,23-24,27-31H,4,16-17H2,1-3H3,(H,38,43)/t23-,24-,27?,28?,29?,30?,31?/m1/s1. The Morgan fingerprint density at radius 3 is 2.46 bits per heavy atom. The summed E-state index contributed by atoms with van der Waals surface area (Å²) in [5, 5.41) is 0.910.